The number of amides is 1. The molecule has 148 valence electrons. The van der Waals surface area contributed by atoms with Crippen LogP contribution in [-0.2, 0) is 6.42 Å². The third kappa shape index (κ3) is 2.80. The lowest BCUT2D eigenvalue weighted by Gasteiger charge is -2.38. The minimum absolute atomic E-state index is 0.167. The van der Waals surface area contributed by atoms with Gasteiger partial charge in [0, 0.05) is 24.1 Å². The number of benzene rings is 2. The molecule has 1 aliphatic heterocycles. The van der Waals surface area contributed by atoms with Crippen LogP contribution in [-0.4, -0.2) is 33.4 Å². The van der Waals surface area contributed by atoms with E-state index in [4.69, 9.17) is 0 Å². The highest BCUT2D eigenvalue weighted by atomic mass is 16.2. The first-order valence-corrected chi connectivity index (χ1v) is 11.1. The summed E-state index contributed by atoms with van der Waals surface area (Å²) < 4.78 is 0. The van der Waals surface area contributed by atoms with Gasteiger partial charge in [-0.3, -0.25) is 4.79 Å². The quantitative estimate of drug-likeness (QED) is 0.662. The highest BCUT2D eigenvalue weighted by Gasteiger charge is 2.41. The molecule has 2 atom stereocenters. The average Bonchev–Trinajstić information content (AvgIpc) is 3.51. The zero-order valence-corrected chi connectivity index (χ0v) is 16.7. The van der Waals surface area contributed by atoms with E-state index >= 15 is 0 Å². The van der Waals surface area contributed by atoms with Gasteiger partial charge in [0.15, 0.2) is 0 Å². The molecule has 6 rings (SSSR count). The van der Waals surface area contributed by atoms with Crippen LogP contribution in [0.5, 0.6) is 0 Å². The molecule has 1 aromatic heterocycles. The summed E-state index contributed by atoms with van der Waals surface area (Å²) >= 11 is 0. The van der Waals surface area contributed by atoms with Gasteiger partial charge in [-0.2, -0.15) is 0 Å². The first-order valence-electron chi connectivity index (χ1n) is 11.1. The molecular weight excluding hydrogens is 358 g/mol. The van der Waals surface area contributed by atoms with E-state index in [0.717, 1.165) is 41.9 Å². The number of carbonyl (C=O) groups excluding carboxylic acids is 1. The van der Waals surface area contributed by atoms with E-state index in [1.165, 1.54) is 48.8 Å². The van der Waals surface area contributed by atoms with Crippen molar-refractivity contribution in [2.75, 3.05) is 6.54 Å². The van der Waals surface area contributed by atoms with Gasteiger partial charge in [0.2, 0.25) is 0 Å². The topological polar surface area (TPSA) is 49.0 Å². The summed E-state index contributed by atoms with van der Waals surface area (Å²) in [6.45, 7) is 0.866. The lowest BCUT2D eigenvalue weighted by atomic mass is 9.86. The molecule has 1 saturated carbocycles. The number of imidazole rings is 1. The molecule has 1 amide bonds. The largest absolute Gasteiger partial charge is 0.345 e. The van der Waals surface area contributed by atoms with E-state index < -0.39 is 0 Å². The van der Waals surface area contributed by atoms with Crippen molar-refractivity contribution in [1.29, 1.82) is 0 Å². The van der Waals surface area contributed by atoms with Crippen molar-refractivity contribution in [3.05, 3.63) is 65.0 Å². The number of fused-ring (bicyclic) bond motifs is 4. The number of piperidine rings is 1. The number of aromatic nitrogens is 2. The Hall–Kier alpha value is -2.62. The molecule has 1 unspecified atom stereocenters. The van der Waals surface area contributed by atoms with Gasteiger partial charge in [0.05, 0.1) is 17.4 Å². The van der Waals surface area contributed by atoms with Crippen LogP contribution in [0.25, 0.3) is 11.0 Å². The SMILES string of the molecule is O=C(c1ccc2nc[nH]c2c1)N1CCCC2c3cc(C4CCCC4)ccc3C[C@@H]21. The second kappa shape index (κ2) is 6.72. The number of hydrogen-bond donors (Lipinski definition) is 1. The molecule has 0 bridgehead atoms. The molecule has 2 aromatic carbocycles. The summed E-state index contributed by atoms with van der Waals surface area (Å²) in [6, 6.07) is 13.4. The molecule has 4 nitrogen and oxygen atoms in total. The van der Waals surface area contributed by atoms with Crippen LogP contribution in [0, 0.1) is 0 Å². The van der Waals surface area contributed by atoms with Gasteiger partial charge < -0.3 is 9.88 Å². The molecule has 0 radical (unpaired) electrons. The van der Waals surface area contributed by atoms with Crippen molar-refractivity contribution in [1.82, 2.24) is 14.9 Å². The molecule has 29 heavy (non-hydrogen) atoms. The van der Waals surface area contributed by atoms with Crippen LogP contribution in [0.15, 0.2) is 42.7 Å². The maximum absolute atomic E-state index is 13.4. The Bertz CT molecular complexity index is 1080. The maximum atomic E-state index is 13.4. The second-order valence-corrected chi connectivity index (χ2v) is 9.09. The summed E-state index contributed by atoms with van der Waals surface area (Å²) in [5.74, 6) is 1.42. The van der Waals surface area contributed by atoms with Crippen LogP contribution in [0.1, 0.15) is 77.4 Å². The number of hydrogen-bond acceptors (Lipinski definition) is 2. The lowest BCUT2D eigenvalue weighted by Crippen LogP contribution is -2.46. The molecule has 3 aliphatic rings. The van der Waals surface area contributed by atoms with E-state index in [1.54, 1.807) is 6.33 Å². The van der Waals surface area contributed by atoms with E-state index in [1.807, 2.05) is 18.2 Å². The van der Waals surface area contributed by atoms with Gasteiger partial charge in [-0.1, -0.05) is 31.0 Å². The van der Waals surface area contributed by atoms with Crippen LogP contribution in [0.3, 0.4) is 0 Å². The fraction of sp³-hybridized carbons (Fsp3) is 0.440. The van der Waals surface area contributed by atoms with E-state index in [2.05, 4.69) is 33.1 Å². The number of nitrogens with zero attached hydrogens (tertiary/aromatic N) is 2. The Labute approximate surface area is 171 Å². The van der Waals surface area contributed by atoms with E-state index in [0.29, 0.717) is 12.0 Å². The molecule has 0 spiro atoms. The first kappa shape index (κ1) is 17.3. The van der Waals surface area contributed by atoms with Gasteiger partial charge in [-0.15, -0.1) is 0 Å². The predicted octanol–water partition coefficient (Wildman–Crippen LogP) is 5.17. The van der Waals surface area contributed by atoms with Crippen LogP contribution in [0.2, 0.25) is 0 Å². The van der Waals surface area contributed by atoms with Crippen molar-refractivity contribution in [3.8, 4) is 0 Å². The monoisotopic (exact) mass is 385 g/mol. The number of carbonyl (C=O) groups is 1. The Kier molecular flexibility index (Phi) is 4.00. The Morgan fingerprint density at radius 2 is 1.93 bits per heavy atom. The second-order valence-electron chi connectivity index (χ2n) is 9.09. The van der Waals surface area contributed by atoms with Crippen molar-refractivity contribution in [3.63, 3.8) is 0 Å². The fourth-order valence-corrected chi connectivity index (χ4v) is 6.04. The van der Waals surface area contributed by atoms with E-state index in [9.17, 15) is 4.79 Å². The van der Waals surface area contributed by atoms with Crippen LogP contribution in [0.4, 0.5) is 0 Å². The highest BCUT2D eigenvalue weighted by Crippen LogP contribution is 2.45. The third-order valence-corrected chi connectivity index (χ3v) is 7.53. The van der Waals surface area contributed by atoms with Gasteiger partial charge in [-0.25, -0.2) is 4.98 Å². The molecule has 2 aliphatic carbocycles. The van der Waals surface area contributed by atoms with Crippen molar-refractivity contribution >= 4 is 16.9 Å². The first-order chi connectivity index (χ1) is 14.3. The number of rotatable bonds is 2. The van der Waals surface area contributed by atoms with Crippen molar-refractivity contribution in [2.45, 2.75) is 62.8 Å². The minimum Gasteiger partial charge on any atom is -0.345 e. The smallest absolute Gasteiger partial charge is 0.254 e. The molecule has 2 fully saturated rings. The van der Waals surface area contributed by atoms with Gasteiger partial charge in [0.1, 0.15) is 0 Å². The fourth-order valence-electron chi connectivity index (χ4n) is 6.04. The van der Waals surface area contributed by atoms with Crippen molar-refractivity contribution in [2.24, 2.45) is 0 Å². The summed E-state index contributed by atoms with van der Waals surface area (Å²) in [6.07, 6.45) is 10.4. The zero-order chi connectivity index (χ0) is 19.4. The van der Waals surface area contributed by atoms with Crippen LogP contribution >= 0.6 is 0 Å². The van der Waals surface area contributed by atoms with Gasteiger partial charge in [0.25, 0.3) is 5.91 Å². The van der Waals surface area contributed by atoms with Crippen molar-refractivity contribution < 1.29 is 4.79 Å². The van der Waals surface area contributed by atoms with E-state index in [-0.39, 0.29) is 5.91 Å². The summed E-state index contributed by atoms with van der Waals surface area (Å²) in [5, 5.41) is 0. The minimum atomic E-state index is 0.167. The molecular formula is C25H27N3O. The number of likely N-dealkylation sites (tertiary alicyclic amines) is 1. The predicted molar refractivity (Wildman–Crippen MR) is 114 cm³/mol. The molecule has 3 aromatic rings. The molecule has 1 N–H and O–H groups in total. The Balaban J connectivity index is 1.30. The van der Waals surface area contributed by atoms with Crippen LogP contribution < -0.4 is 0 Å². The maximum Gasteiger partial charge on any atom is 0.254 e. The lowest BCUT2D eigenvalue weighted by molar-refractivity contribution is 0.0595. The summed E-state index contributed by atoms with van der Waals surface area (Å²) in [5.41, 5.74) is 7.14. The number of aromatic amines is 1. The highest BCUT2D eigenvalue weighted by molar-refractivity contribution is 5.97. The normalized spacial score (nSPS) is 24.1. The summed E-state index contributed by atoms with van der Waals surface area (Å²) in [7, 11) is 0. The zero-order valence-electron chi connectivity index (χ0n) is 16.7. The Morgan fingerprint density at radius 3 is 2.83 bits per heavy atom. The molecule has 2 heterocycles. The number of H-pyrrole nitrogens is 1. The standard InChI is InChI=1S/C25H27N3O/c29-25(19-9-10-22-23(13-19)27-15-26-22)28-11-3-6-20-21-12-17(16-4-1-2-5-16)7-8-18(21)14-24(20)28/h7-10,12-13,15-16,20,24H,1-6,11,14H2,(H,26,27)/t20?,24-/m0/s1. The number of nitrogens with one attached hydrogen (secondary N) is 1. The third-order valence-electron chi connectivity index (χ3n) is 7.53. The molecule has 1 saturated heterocycles. The summed E-state index contributed by atoms with van der Waals surface area (Å²) in [4.78, 5) is 23.0. The van der Waals surface area contributed by atoms with Gasteiger partial charge in [-0.05, 0) is 72.9 Å². The molecule has 4 heteroatoms. The average molecular weight is 386 g/mol. The Morgan fingerprint density at radius 1 is 1.03 bits per heavy atom. The van der Waals surface area contributed by atoms with Gasteiger partial charge >= 0.3 is 0 Å².